The van der Waals surface area contributed by atoms with Crippen LogP contribution in [0.1, 0.15) is 6.92 Å². The molecular weight excluding hydrogens is 262 g/mol. The maximum atomic E-state index is 12.2. The molecule has 2 aromatic heterocycles. The Bertz CT molecular complexity index is 675. The lowest BCUT2D eigenvalue weighted by Crippen LogP contribution is -2.39. The van der Waals surface area contributed by atoms with Crippen LogP contribution in [0.25, 0.3) is 11.0 Å². The number of amides is 1. The van der Waals surface area contributed by atoms with Gasteiger partial charge in [-0.2, -0.15) is 5.10 Å². The van der Waals surface area contributed by atoms with E-state index in [1.807, 2.05) is 6.92 Å². The quantitative estimate of drug-likeness (QED) is 0.780. The van der Waals surface area contributed by atoms with Crippen molar-refractivity contribution in [1.82, 2.24) is 24.6 Å². The number of ether oxygens (including phenoxy) is 1. The molecule has 2 rings (SSSR count). The van der Waals surface area contributed by atoms with Gasteiger partial charge >= 0.3 is 0 Å². The van der Waals surface area contributed by atoms with Gasteiger partial charge in [0.1, 0.15) is 18.3 Å². The highest BCUT2D eigenvalue weighted by atomic mass is 16.5. The van der Waals surface area contributed by atoms with Gasteiger partial charge in [0.15, 0.2) is 5.65 Å². The maximum absolute atomic E-state index is 12.2. The number of rotatable bonds is 5. The van der Waals surface area contributed by atoms with Gasteiger partial charge in [0.25, 0.3) is 5.56 Å². The molecule has 8 nitrogen and oxygen atoms in total. The number of methoxy groups -OCH3 is 1. The van der Waals surface area contributed by atoms with E-state index < -0.39 is 0 Å². The van der Waals surface area contributed by atoms with Gasteiger partial charge in [0, 0.05) is 20.2 Å². The van der Waals surface area contributed by atoms with Gasteiger partial charge in [-0.1, -0.05) is 0 Å². The predicted molar refractivity (Wildman–Crippen MR) is 72.2 cm³/mol. The van der Waals surface area contributed by atoms with Gasteiger partial charge in [0.2, 0.25) is 5.91 Å². The Hall–Kier alpha value is -2.22. The first kappa shape index (κ1) is 14.2. The first-order valence-corrected chi connectivity index (χ1v) is 6.18. The molecule has 1 N–H and O–H groups in total. The van der Waals surface area contributed by atoms with Crippen molar-refractivity contribution in [3.05, 3.63) is 22.9 Å². The summed E-state index contributed by atoms with van der Waals surface area (Å²) in [6, 6.07) is -0.113. The number of hydrogen-bond acceptors (Lipinski definition) is 5. The number of hydrogen-bond donors (Lipinski definition) is 1. The SMILES string of the molecule is COCC(C)NC(=O)Cn1cnc2c(cnn2C)c1=O. The Kier molecular flexibility index (Phi) is 4.14. The Morgan fingerprint density at radius 1 is 1.55 bits per heavy atom. The minimum Gasteiger partial charge on any atom is -0.383 e. The average Bonchev–Trinajstić information content (AvgIpc) is 2.75. The number of carbonyl (C=O) groups is 1. The molecule has 0 aromatic carbocycles. The Morgan fingerprint density at radius 3 is 3.00 bits per heavy atom. The zero-order valence-electron chi connectivity index (χ0n) is 11.7. The van der Waals surface area contributed by atoms with E-state index in [-0.39, 0.29) is 24.1 Å². The third-order valence-electron chi connectivity index (χ3n) is 2.86. The molecule has 0 aliphatic heterocycles. The molecule has 0 aliphatic carbocycles. The normalized spacial score (nSPS) is 12.6. The number of carbonyl (C=O) groups excluding carboxylic acids is 1. The van der Waals surface area contributed by atoms with Crippen molar-refractivity contribution >= 4 is 16.9 Å². The van der Waals surface area contributed by atoms with Crippen LogP contribution in [-0.4, -0.2) is 45.0 Å². The summed E-state index contributed by atoms with van der Waals surface area (Å²) in [6.07, 6.45) is 2.81. The molecule has 2 heterocycles. The minimum absolute atomic E-state index is 0.0786. The molecule has 0 bridgehead atoms. The van der Waals surface area contributed by atoms with Gasteiger partial charge < -0.3 is 10.1 Å². The van der Waals surface area contributed by atoms with E-state index in [0.29, 0.717) is 17.6 Å². The lowest BCUT2D eigenvalue weighted by Gasteiger charge is -2.13. The molecule has 0 saturated carbocycles. The van der Waals surface area contributed by atoms with E-state index in [1.165, 1.54) is 21.8 Å². The number of nitrogens with one attached hydrogen (secondary N) is 1. The van der Waals surface area contributed by atoms with Crippen LogP contribution in [0, 0.1) is 0 Å². The lowest BCUT2D eigenvalue weighted by molar-refractivity contribution is -0.122. The molecular formula is C12H17N5O3. The van der Waals surface area contributed by atoms with Crippen LogP contribution in [0.3, 0.4) is 0 Å². The number of aryl methyl sites for hydroxylation is 1. The first-order valence-electron chi connectivity index (χ1n) is 6.18. The van der Waals surface area contributed by atoms with Crippen LogP contribution in [0.4, 0.5) is 0 Å². The summed E-state index contributed by atoms with van der Waals surface area (Å²) in [5.74, 6) is -0.262. The molecule has 20 heavy (non-hydrogen) atoms. The van der Waals surface area contributed by atoms with E-state index in [1.54, 1.807) is 14.2 Å². The Balaban J connectivity index is 2.16. The fraction of sp³-hybridized carbons (Fsp3) is 0.500. The molecule has 0 saturated heterocycles. The molecule has 0 spiro atoms. The lowest BCUT2D eigenvalue weighted by atomic mass is 10.3. The van der Waals surface area contributed by atoms with Gasteiger partial charge in [-0.15, -0.1) is 0 Å². The first-order chi connectivity index (χ1) is 9.52. The van der Waals surface area contributed by atoms with Gasteiger partial charge in [-0.3, -0.25) is 18.8 Å². The second-order valence-corrected chi connectivity index (χ2v) is 4.61. The Labute approximate surface area is 115 Å². The number of aromatic nitrogens is 4. The smallest absolute Gasteiger partial charge is 0.264 e. The second-order valence-electron chi connectivity index (χ2n) is 4.61. The van der Waals surface area contributed by atoms with Gasteiger partial charge in [-0.25, -0.2) is 4.98 Å². The van der Waals surface area contributed by atoms with E-state index in [2.05, 4.69) is 15.4 Å². The van der Waals surface area contributed by atoms with E-state index >= 15 is 0 Å². The van der Waals surface area contributed by atoms with Crippen LogP contribution >= 0.6 is 0 Å². The van der Waals surface area contributed by atoms with E-state index in [9.17, 15) is 9.59 Å². The third kappa shape index (κ3) is 2.85. The highest BCUT2D eigenvalue weighted by Crippen LogP contribution is 2.02. The van der Waals surface area contributed by atoms with E-state index in [0.717, 1.165) is 0 Å². The molecule has 1 atom stereocenters. The summed E-state index contributed by atoms with van der Waals surface area (Å²) < 4.78 is 7.71. The van der Waals surface area contributed by atoms with Crippen molar-refractivity contribution in [1.29, 1.82) is 0 Å². The van der Waals surface area contributed by atoms with Crippen molar-refractivity contribution in [2.75, 3.05) is 13.7 Å². The molecule has 0 radical (unpaired) electrons. The standard InChI is InChI=1S/C12H17N5O3/c1-8(6-20-3)15-10(18)5-17-7-13-11-9(12(17)19)4-14-16(11)2/h4,7-8H,5-6H2,1-3H3,(H,15,18). The van der Waals surface area contributed by atoms with Crippen LogP contribution in [0.2, 0.25) is 0 Å². The van der Waals surface area contributed by atoms with Crippen LogP contribution in [0.5, 0.6) is 0 Å². The minimum atomic E-state index is -0.280. The molecule has 0 aliphatic rings. The van der Waals surface area contributed by atoms with Crippen molar-refractivity contribution in [2.45, 2.75) is 19.5 Å². The zero-order chi connectivity index (χ0) is 14.7. The fourth-order valence-electron chi connectivity index (χ4n) is 1.95. The highest BCUT2D eigenvalue weighted by Gasteiger charge is 2.12. The molecule has 8 heteroatoms. The summed E-state index contributed by atoms with van der Waals surface area (Å²) >= 11 is 0. The molecule has 1 amide bonds. The van der Waals surface area contributed by atoms with E-state index in [4.69, 9.17) is 4.74 Å². The topological polar surface area (TPSA) is 91.0 Å². The fourth-order valence-corrected chi connectivity index (χ4v) is 1.95. The van der Waals surface area contributed by atoms with Gasteiger partial charge in [0.05, 0.1) is 12.8 Å². The van der Waals surface area contributed by atoms with Crippen LogP contribution in [0.15, 0.2) is 17.3 Å². The highest BCUT2D eigenvalue weighted by molar-refractivity contribution is 5.77. The van der Waals surface area contributed by atoms with Gasteiger partial charge in [-0.05, 0) is 6.92 Å². The molecule has 2 aromatic rings. The second kappa shape index (κ2) is 5.83. The molecule has 1 unspecified atom stereocenters. The summed E-state index contributed by atoms with van der Waals surface area (Å²) in [7, 11) is 3.27. The van der Waals surface area contributed by atoms with Crippen molar-refractivity contribution < 1.29 is 9.53 Å². The summed E-state index contributed by atoms with van der Waals surface area (Å²) in [4.78, 5) is 28.1. The summed E-state index contributed by atoms with van der Waals surface area (Å²) in [5.41, 5.74) is 0.219. The van der Waals surface area contributed by atoms with Crippen LogP contribution in [-0.2, 0) is 23.1 Å². The van der Waals surface area contributed by atoms with Crippen molar-refractivity contribution in [3.8, 4) is 0 Å². The van der Waals surface area contributed by atoms with Crippen molar-refractivity contribution in [3.63, 3.8) is 0 Å². The predicted octanol–water partition coefficient (Wildman–Crippen LogP) is -0.719. The largest absolute Gasteiger partial charge is 0.383 e. The summed E-state index contributed by atoms with van der Waals surface area (Å²) in [5, 5.41) is 7.11. The molecule has 108 valence electrons. The maximum Gasteiger partial charge on any atom is 0.264 e. The van der Waals surface area contributed by atoms with Crippen LogP contribution < -0.4 is 10.9 Å². The summed E-state index contributed by atoms with van der Waals surface area (Å²) in [6.45, 7) is 2.16. The Morgan fingerprint density at radius 2 is 2.30 bits per heavy atom. The van der Waals surface area contributed by atoms with Crippen molar-refractivity contribution in [2.24, 2.45) is 7.05 Å². The zero-order valence-corrected chi connectivity index (χ0v) is 11.7. The third-order valence-corrected chi connectivity index (χ3v) is 2.86. The average molecular weight is 279 g/mol. The number of fused-ring (bicyclic) bond motifs is 1. The monoisotopic (exact) mass is 279 g/mol. The number of nitrogens with zero attached hydrogens (tertiary/aromatic N) is 4. The molecule has 0 fully saturated rings.